The van der Waals surface area contributed by atoms with Gasteiger partial charge in [0.05, 0.1) is 5.69 Å². The number of aromatic nitrogens is 1. The van der Waals surface area contributed by atoms with Crippen molar-refractivity contribution < 1.29 is 4.42 Å². The van der Waals surface area contributed by atoms with Crippen LogP contribution < -0.4 is 0 Å². The maximum atomic E-state index is 6.04. The summed E-state index contributed by atoms with van der Waals surface area (Å²) in [4.78, 5) is 4.69. The highest BCUT2D eigenvalue weighted by atomic mass is 16.4. The van der Waals surface area contributed by atoms with Gasteiger partial charge in [-0.15, -0.1) is 0 Å². The molecular weight excluding hydrogens is 246 g/mol. The second kappa shape index (κ2) is 5.33. The van der Waals surface area contributed by atoms with E-state index in [1.807, 2.05) is 48.5 Å². The van der Waals surface area contributed by atoms with E-state index in [4.69, 9.17) is 4.42 Å². The first-order chi connectivity index (χ1) is 9.75. The molecule has 0 unspecified atom stereocenters. The van der Waals surface area contributed by atoms with Crippen molar-refractivity contribution >= 4 is 0 Å². The Labute approximate surface area is 119 Å². The number of hydrogen-bond donors (Lipinski definition) is 0. The summed E-state index contributed by atoms with van der Waals surface area (Å²) in [5.74, 6) is 1.89. The molecule has 0 atom stereocenters. The summed E-state index contributed by atoms with van der Waals surface area (Å²) in [5, 5.41) is 0. The van der Waals surface area contributed by atoms with E-state index >= 15 is 0 Å². The molecule has 2 heteroatoms. The van der Waals surface area contributed by atoms with Gasteiger partial charge in [0.15, 0.2) is 5.76 Å². The van der Waals surface area contributed by atoms with E-state index in [1.165, 1.54) is 0 Å². The SMILES string of the molecule is CC(C)c1nc(-c2ccccc2)oc1-c1ccccc1. The summed E-state index contributed by atoms with van der Waals surface area (Å²) < 4.78 is 6.04. The Balaban J connectivity index is 2.13. The fourth-order valence-electron chi connectivity index (χ4n) is 2.22. The molecule has 0 aliphatic rings. The molecule has 0 radical (unpaired) electrons. The first-order valence-electron chi connectivity index (χ1n) is 6.87. The minimum absolute atomic E-state index is 0.325. The Morgan fingerprint density at radius 3 is 1.90 bits per heavy atom. The molecule has 0 aliphatic carbocycles. The Hall–Kier alpha value is -2.35. The van der Waals surface area contributed by atoms with E-state index in [0.717, 1.165) is 22.6 Å². The van der Waals surface area contributed by atoms with Crippen LogP contribution in [0.4, 0.5) is 0 Å². The molecule has 0 N–H and O–H groups in total. The van der Waals surface area contributed by atoms with Gasteiger partial charge in [0.1, 0.15) is 0 Å². The minimum atomic E-state index is 0.325. The van der Waals surface area contributed by atoms with Crippen molar-refractivity contribution in [2.24, 2.45) is 0 Å². The summed E-state index contributed by atoms with van der Waals surface area (Å²) in [5.41, 5.74) is 3.09. The molecule has 3 aromatic rings. The molecule has 2 nitrogen and oxygen atoms in total. The van der Waals surface area contributed by atoms with Crippen LogP contribution in [-0.4, -0.2) is 4.98 Å². The van der Waals surface area contributed by atoms with Crippen LogP contribution in [0.25, 0.3) is 22.8 Å². The van der Waals surface area contributed by atoms with Crippen molar-refractivity contribution in [2.45, 2.75) is 19.8 Å². The van der Waals surface area contributed by atoms with E-state index in [1.54, 1.807) is 0 Å². The second-order valence-electron chi connectivity index (χ2n) is 5.12. The average molecular weight is 263 g/mol. The molecule has 0 aliphatic heterocycles. The predicted molar refractivity (Wildman–Crippen MR) is 81.5 cm³/mol. The van der Waals surface area contributed by atoms with Gasteiger partial charge in [-0.3, -0.25) is 0 Å². The number of nitrogens with zero attached hydrogens (tertiary/aromatic N) is 1. The zero-order valence-electron chi connectivity index (χ0n) is 11.7. The van der Waals surface area contributed by atoms with Crippen LogP contribution in [0.1, 0.15) is 25.5 Å². The quantitative estimate of drug-likeness (QED) is 0.654. The zero-order valence-corrected chi connectivity index (χ0v) is 11.7. The van der Waals surface area contributed by atoms with Gasteiger partial charge < -0.3 is 4.42 Å². The van der Waals surface area contributed by atoms with Crippen LogP contribution in [0.5, 0.6) is 0 Å². The summed E-state index contributed by atoms with van der Waals surface area (Å²) in [7, 11) is 0. The molecule has 0 bridgehead atoms. The molecule has 2 aromatic carbocycles. The summed E-state index contributed by atoms with van der Waals surface area (Å²) in [6.45, 7) is 4.28. The second-order valence-corrected chi connectivity index (χ2v) is 5.12. The van der Waals surface area contributed by atoms with Crippen molar-refractivity contribution in [1.82, 2.24) is 4.98 Å². The molecule has 1 aromatic heterocycles. The van der Waals surface area contributed by atoms with Gasteiger partial charge in [-0.2, -0.15) is 0 Å². The molecule has 100 valence electrons. The molecule has 1 heterocycles. The first kappa shape index (κ1) is 12.7. The standard InChI is InChI=1S/C18H17NO/c1-13(2)16-17(14-9-5-3-6-10-14)20-18(19-16)15-11-7-4-8-12-15/h3-13H,1-2H3. The highest BCUT2D eigenvalue weighted by Crippen LogP contribution is 2.33. The van der Waals surface area contributed by atoms with Gasteiger partial charge in [-0.1, -0.05) is 62.4 Å². The Kier molecular flexibility index (Phi) is 3.38. The third-order valence-corrected chi connectivity index (χ3v) is 3.26. The highest BCUT2D eigenvalue weighted by Gasteiger charge is 2.18. The van der Waals surface area contributed by atoms with E-state index in [9.17, 15) is 0 Å². The van der Waals surface area contributed by atoms with E-state index < -0.39 is 0 Å². The summed E-state index contributed by atoms with van der Waals surface area (Å²) in [6.07, 6.45) is 0. The van der Waals surface area contributed by atoms with Crippen LogP contribution in [0.3, 0.4) is 0 Å². The fourth-order valence-corrected chi connectivity index (χ4v) is 2.22. The molecule has 0 amide bonds. The summed E-state index contributed by atoms with van der Waals surface area (Å²) in [6, 6.07) is 20.2. The normalized spacial score (nSPS) is 10.9. The van der Waals surface area contributed by atoms with Gasteiger partial charge in [0.25, 0.3) is 0 Å². The third kappa shape index (κ3) is 2.37. The van der Waals surface area contributed by atoms with Crippen molar-refractivity contribution in [3.8, 4) is 22.8 Å². The van der Waals surface area contributed by atoms with Crippen molar-refractivity contribution in [3.63, 3.8) is 0 Å². The van der Waals surface area contributed by atoms with Crippen molar-refractivity contribution in [2.75, 3.05) is 0 Å². The van der Waals surface area contributed by atoms with Crippen LogP contribution in [-0.2, 0) is 0 Å². The Morgan fingerprint density at radius 1 is 0.800 bits per heavy atom. The first-order valence-corrected chi connectivity index (χ1v) is 6.87. The van der Waals surface area contributed by atoms with E-state index in [0.29, 0.717) is 11.8 Å². The molecule has 0 saturated heterocycles. The molecule has 0 fully saturated rings. The van der Waals surface area contributed by atoms with Crippen molar-refractivity contribution in [1.29, 1.82) is 0 Å². The monoisotopic (exact) mass is 263 g/mol. The lowest BCUT2D eigenvalue weighted by atomic mass is 10.0. The number of hydrogen-bond acceptors (Lipinski definition) is 2. The van der Waals surface area contributed by atoms with Gasteiger partial charge in [0, 0.05) is 11.1 Å². The Morgan fingerprint density at radius 2 is 1.35 bits per heavy atom. The average Bonchev–Trinajstić information content (AvgIpc) is 2.94. The number of oxazole rings is 1. The molecule has 20 heavy (non-hydrogen) atoms. The van der Waals surface area contributed by atoms with Gasteiger partial charge in [0.2, 0.25) is 5.89 Å². The fraction of sp³-hybridized carbons (Fsp3) is 0.167. The van der Waals surface area contributed by atoms with Crippen LogP contribution in [0.15, 0.2) is 65.1 Å². The van der Waals surface area contributed by atoms with Gasteiger partial charge in [-0.05, 0) is 18.1 Å². The van der Waals surface area contributed by atoms with Crippen LogP contribution >= 0.6 is 0 Å². The maximum Gasteiger partial charge on any atom is 0.227 e. The smallest absolute Gasteiger partial charge is 0.227 e. The Bertz CT molecular complexity index is 684. The topological polar surface area (TPSA) is 26.0 Å². The highest BCUT2D eigenvalue weighted by molar-refractivity contribution is 5.64. The van der Waals surface area contributed by atoms with Gasteiger partial charge in [-0.25, -0.2) is 4.98 Å². The van der Waals surface area contributed by atoms with Crippen LogP contribution in [0.2, 0.25) is 0 Å². The lowest BCUT2D eigenvalue weighted by molar-refractivity contribution is 0.586. The number of benzene rings is 2. The van der Waals surface area contributed by atoms with Gasteiger partial charge >= 0.3 is 0 Å². The van der Waals surface area contributed by atoms with E-state index in [-0.39, 0.29) is 0 Å². The lowest BCUT2D eigenvalue weighted by Gasteiger charge is -2.02. The third-order valence-electron chi connectivity index (χ3n) is 3.26. The zero-order chi connectivity index (χ0) is 13.9. The van der Waals surface area contributed by atoms with Crippen LogP contribution in [0, 0.1) is 0 Å². The molecule has 0 spiro atoms. The van der Waals surface area contributed by atoms with Crippen molar-refractivity contribution in [3.05, 3.63) is 66.4 Å². The van der Waals surface area contributed by atoms with E-state index in [2.05, 4.69) is 31.0 Å². The predicted octanol–water partition coefficient (Wildman–Crippen LogP) is 5.13. The molecule has 0 saturated carbocycles. The molecule has 3 rings (SSSR count). The molecular formula is C18H17NO. The lowest BCUT2D eigenvalue weighted by Crippen LogP contribution is -1.90. The minimum Gasteiger partial charge on any atom is -0.436 e. The maximum absolute atomic E-state index is 6.04. The largest absolute Gasteiger partial charge is 0.436 e. The summed E-state index contributed by atoms with van der Waals surface area (Å²) >= 11 is 0. The number of rotatable bonds is 3.